The molecule has 0 radical (unpaired) electrons. The van der Waals surface area contributed by atoms with Crippen LogP contribution in [0, 0.1) is 71.0 Å². The van der Waals surface area contributed by atoms with Gasteiger partial charge in [-0.15, -0.1) is 0 Å². The first-order valence-corrected chi connectivity index (χ1v) is 9.53. The Labute approximate surface area is 135 Å². The van der Waals surface area contributed by atoms with E-state index in [4.69, 9.17) is 0 Å². The normalized spacial score (nSPS) is 63.5. The smallest absolute Gasteiger partial charge is 0.307 e. The molecule has 6 aliphatic carbocycles. The lowest BCUT2D eigenvalue weighted by Crippen LogP contribution is -2.48. The molecule has 6 aliphatic rings. The van der Waals surface area contributed by atoms with E-state index >= 15 is 0 Å². The van der Waals surface area contributed by atoms with Crippen molar-refractivity contribution in [3.8, 4) is 0 Å². The molecule has 2 N–H and O–H groups in total. The van der Waals surface area contributed by atoms with Gasteiger partial charge in [0.05, 0.1) is 11.8 Å². The highest BCUT2D eigenvalue weighted by atomic mass is 16.4. The van der Waals surface area contributed by atoms with Crippen LogP contribution in [0.3, 0.4) is 0 Å². The predicted octanol–water partition coefficient (Wildman–Crippen LogP) is 2.58. The van der Waals surface area contributed by atoms with Gasteiger partial charge in [0.15, 0.2) is 0 Å². The second kappa shape index (κ2) is 3.94. The van der Waals surface area contributed by atoms with Gasteiger partial charge < -0.3 is 10.2 Å². The van der Waals surface area contributed by atoms with Gasteiger partial charge in [0.1, 0.15) is 0 Å². The molecule has 6 fully saturated rings. The summed E-state index contributed by atoms with van der Waals surface area (Å²) in [6.45, 7) is 0. The molecule has 4 heteroatoms. The van der Waals surface area contributed by atoms with Crippen molar-refractivity contribution in [1.82, 2.24) is 0 Å². The third-order valence-electron chi connectivity index (χ3n) is 9.43. The van der Waals surface area contributed by atoms with Crippen LogP contribution in [0.25, 0.3) is 0 Å². The molecule has 0 saturated heterocycles. The van der Waals surface area contributed by atoms with E-state index in [2.05, 4.69) is 0 Å². The van der Waals surface area contributed by atoms with E-state index in [1.807, 2.05) is 0 Å². The van der Waals surface area contributed by atoms with Crippen LogP contribution in [-0.2, 0) is 9.59 Å². The summed E-state index contributed by atoms with van der Waals surface area (Å²) in [5, 5.41) is 19.3. The van der Waals surface area contributed by atoms with Gasteiger partial charge in [-0.1, -0.05) is 0 Å². The van der Waals surface area contributed by atoms with Gasteiger partial charge in [0.25, 0.3) is 0 Å². The van der Waals surface area contributed by atoms with E-state index in [-0.39, 0.29) is 11.8 Å². The highest BCUT2D eigenvalue weighted by Crippen LogP contribution is 2.77. The molecular formula is C19H24O4. The van der Waals surface area contributed by atoms with Crippen molar-refractivity contribution in [2.45, 2.75) is 32.1 Å². The Morgan fingerprint density at radius 3 is 1.48 bits per heavy atom. The average Bonchev–Trinajstić information content (AvgIpc) is 3.28. The summed E-state index contributed by atoms with van der Waals surface area (Å²) in [7, 11) is 0. The van der Waals surface area contributed by atoms with Crippen molar-refractivity contribution < 1.29 is 19.8 Å². The zero-order valence-electron chi connectivity index (χ0n) is 13.2. The van der Waals surface area contributed by atoms with Crippen molar-refractivity contribution in [2.75, 3.05) is 0 Å². The van der Waals surface area contributed by atoms with Gasteiger partial charge in [0.2, 0.25) is 0 Å². The molecule has 0 amide bonds. The third kappa shape index (κ3) is 1.30. The van der Waals surface area contributed by atoms with Crippen LogP contribution in [0.4, 0.5) is 0 Å². The fraction of sp³-hybridized carbons (Fsp3) is 0.895. The van der Waals surface area contributed by atoms with Crippen LogP contribution in [-0.4, -0.2) is 22.2 Å². The van der Waals surface area contributed by atoms with Crippen molar-refractivity contribution in [3.05, 3.63) is 0 Å². The minimum Gasteiger partial charge on any atom is -0.481 e. The van der Waals surface area contributed by atoms with E-state index < -0.39 is 23.8 Å². The maximum absolute atomic E-state index is 11.8. The minimum absolute atomic E-state index is 0.152. The molecule has 0 aromatic heterocycles. The summed E-state index contributed by atoms with van der Waals surface area (Å²) in [4.78, 5) is 23.6. The number of carbonyl (C=O) groups is 2. The van der Waals surface area contributed by atoms with Gasteiger partial charge >= 0.3 is 11.9 Å². The van der Waals surface area contributed by atoms with Crippen LogP contribution < -0.4 is 0 Å². The van der Waals surface area contributed by atoms with Gasteiger partial charge in [-0.2, -0.15) is 0 Å². The number of rotatable bonds is 2. The van der Waals surface area contributed by atoms with Crippen molar-refractivity contribution in [1.29, 1.82) is 0 Å². The molecule has 0 spiro atoms. The molecule has 124 valence electrons. The minimum atomic E-state index is -0.851. The maximum atomic E-state index is 11.8. The standard InChI is InChI=1S/C19H24O4/c20-18(21)16-10-5-11(17(16)19(22)23)15-9-4-8(14(10)15)12-6-1-2-7(3-6)13(9)12/h6-17H,1-5H2,(H,20,21)(H,22,23). The molecule has 0 aromatic rings. The van der Waals surface area contributed by atoms with E-state index in [9.17, 15) is 19.8 Å². The van der Waals surface area contributed by atoms with E-state index in [0.29, 0.717) is 11.8 Å². The molecule has 6 bridgehead atoms. The van der Waals surface area contributed by atoms with Crippen LogP contribution in [0.5, 0.6) is 0 Å². The Kier molecular flexibility index (Phi) is 2.27. The zero-order chi connectivity index (χ0) is 15.6. The number of aliphatic carboxylic acids is 2. The molecule has 0 aliphatic heterocycles. The lowest BCUT2D eigenvalue weighted by Gasteiger charge is -2.47. The lowest BCUT2D eigenvalue weighted by molar-refractivity contribution is -0.161. The first-order chi connectivity index (χ1) is 11.1. The first-order valence-electron chi connectivity index (χ1n) is 9.53. The summed E-state index contributed by atoms with van der Waals surface area (Å²) < 4.78 is 0. The summed E-state index contributed by atoms with van der Waals surface area (Å²) >= 11 is 0. The topological polar surface area (TPSA) is 74.6 Å². The van der Waals surface area contributed by atoms with Gasteiger partial charge in [0, 0.05) is 0 Å². The SMILES string of the molecule is O=C(O)C1C2CC(C1C(=O)O)C1C3CC(C4C5CCC(C5)C34)C21. The van der Waals surface area contributed by atoms with Crippen molar-refractivity contribution in [2.24, 2.45) is 71.0 Å². The second-order valence-electron chi connectivity index (χ2n) is 9.50. The molecule has 23 heavy (non-hydrogen) atoms. The van der Waals surface area contributed by atoms with Gasteiger partial charge in [-0.25, -0.2) is 0 Å². The maximum Gasteiger partial charge on any atom is 0.307 e. The first kappa shape index (κ1) is 13.3. The fourth-order valence-electron chi connectivity index (χ4n) is 9.49. The Hall–Kier alpha value is -1.06. The molecular weight excluding hydrogens is 292 g/mol. The Balaban J connectivity index is 1.41. The van der Waals surface area contributed by atoms with E-state index in [0.717, 1.165) is 41.9 Å². The van der Waals surface area contributed by atoms with Crippen LogP contribution in [0.15, 0.2) is 0 Å². The second-order valence-corrected chi connectivity index (χ2v) is 9.50. The summed E-state index contributed by atoms with van der Waals surface area (Å²) in [6, 6.07) is 0. The summed E-state index contributed by atoms with van der Waals surface area (Å²) in [6.07, 6.45) is 6.40. The predicted molar refractivity (Wildman–Crippen MR) is 80.2 cm³/mol. The lowest BCUT2D eigenvalue weighted by atomic mass is 9.56. The fourth-order valence-corrected chi connectivity index (χ4v) is 9.49. The van der Waals surface area contributed by atoms with Crippen LogP contribution >= 0.6 is 0 Å². The highest BCUT2D eigenvalue weighted by molar-refractivity contribution is 5.82. The molecule has 6 rings (SSSR count). The Morgan fingerprint density at radius 2 is 1.04 bits per heavy atom. The quantitative estimate of drug-likeness (QED) is 0.768. The molecule has 0 aromatic carbocycles. The van der Waals surface area contributed by atoms with Crippen molar-refractivity contribution >= 4 is 11.9 Å². The third-order valence-corrected chi connectivity index (χ3v) is 9.43. The molecule has 6 saturated carbocycles. The molecule has 12 atom stereocenters. The Bertz CT molecular complexity index is 564. The van der Waals surface area contributed by atoms with Gasteiger partial charge in [-0.3, -0.25) is 9.59 Å². The highest BCUT2D eigenvalue weighted by Gasteiger charge is 2.74. The number of fused-ring (bicyclic) bond motifs is 16. The van der Waals surface area contributed by atoms with E-state index in [1.165, 1.54) is 25.7 Å². The van der Waals surface area contributed by atoms with Crippen LogP contribution in [0.1, 0.15) is 32.1 Å². The van der Waals surface area contributed by atoms with E-state index in [1.54, 1.807) is 0 Å². The monoisotopic (exact) mass is 316 g/mol. The molecule has 12 unspecified atom stereocenters. The largest absolute Gasteiger partial charge is 0.481 e. The number of hydrogen-bond acceptors (Lipinski definition) is 2. The zero-order valence-corrected chi connectivity index (χ0v) is 13.2. The van der Waals surface area contributed by atoms with Crippen LogP contribution in [0.2, 0.25) is 0 Å². The number of carboxylic acids is 2. The Morgan fingerprint density at radius 1 is 0.609 bits per heavy atom. The number of hydrogen-bond donors (Lipinski definition) is 2. The average molecular weight is 316 g/mol. The van der Waals surface area contributed by atoms with Gasteiger partial charge in [-0.05, 0) is 91.3 Å². The van der Waals surface area contributed by atoms with Crippen molar-refractivity contribution in [3.63, 3.8) is 0 Å². The number of carboxylic acid groups (broad SMARTS) is 2. The summed E-state index contributed by atoms with van der Waals surface area (Å²) in [5.41, 5.74) is 0. The molecule has 0 heterocycles. The summed E-state index contributed by atoms with van der Waals surface area (Å²) in [5.74, 6) is 3.50. The molecule has 4 nitrogen and oxygen atoms in total.